The van der Waals surface area contributed by atoms with Crippen LogP contribution < -0.4 is 5.73 Å². The zero-order chi connectivity index (χ0) is 12.2. The molecular weight excluding hydrogens is 204 g/mol. The lowest BCUT2D eigenvalue weighted by molar-refractivity contribution is -0.142. The van der Waals surface area contributed by atoms with Gasteiger partial charge in [-0.3, -0.25) is 4.79 Å². The second kappa shape index (κ2) is 5.64. The summed E-state index contributed by atoms with van der Waals surface area (Å²) in [6.07, 6.45) is 4.11. The fourth-order valence-electron chi connectivity index (χ4n) is 2.48. The van der Waals surface area contributed by atoms with E-state index in [1.807, 2.05) is 14.0 Å². The van der Waals surface area contributed by atoms with E-state index in [-0.39, 0.29) is 17.4 Å². The minimum Gasteiger partial charge on any atom is -0.383 e. The van der Waals surface area contributed by atoms with E-state index in [4.69, 9.17) is 10.5 Å². The number of rotatable bonds is 5. The maximum Gasteiger partial charge on any atom is 0.230 e. The number of ether oxygens (including phenoxy) is 1. The number of nitrogens with two attached hydrogens (primary N) is 1. The zero-order valence-electron chi connectivity index (χ0n) is 10.7. The van der Waals surface area contributed by atoms with Crippen LogP contribution in [-0.2, 0) is 9.53 Å². The molecule has 2 N–H and O–H groups in total. The molecule has 94 valence electrons. The first-order valence-electron chi connectivity index (χ1n) is 6.03. The molecular formula is C12H24N2O2. The van der Waals surface area contributed by atoms with E-state index in [1.54, 1.807) is 12.0 Å². The highest BCUT2D eigenvalue weighted by molar-refractivity contribution is 5.83. The van der Waals surface area contributed by atoms with Crippen LogP contribution in [0, 0.1) is 5.41 Å². The van der Waals surface area contributed by atoms with Gasteiger partial charge >= 0.3 is 0 Å². The van der Waals surface area contributed by atoms with Crippen molar-refractivity contribution < 1.29 is 9.53 Å². The van der Waals surface area contributed by atoms with Crippen molar-refractivity contribution in [1.82, 2.24) is 4.90 Å². The van der Waals surface area contributed by atoms with Crippen LogP contribution in [0.5, 0.6) is 0 Å². The topological polar surface area (TPSA) is 55.6 Å². The predicted molar refractivity (Wildman–Crippen MR) is 64.1 cm³/mol. The Morgan fingerprint density at radius 3 is 2.50 bits per heavy atom. The van der Waals surface area contributed by atoms with Gasteiger partial charge in [0.2, 0.25) is 5.91 Å². The van der Waals surface area contributed by atoms with Crippen molar-refractivity contribution in [3.05, 3.63) is 0 Å². The molecule has 1 aliphatic rings. The van der Waals surface area contributed by atoms with Crippen molar-refractivity contribution in [2.24, 2.45) is 11.1 Å². The van der Waals surface area contributed by atoms with Crippen molar-refractivity contribution in [3.63, 3.8) is 0 Å². The second-order valence-corrected chi connectivity index (χ2v) is 4.91. The number of carbonyl (C=O) groups is 1. The van der Waals surface area contributed by atoms with E-state index in [9.17, 15) is 4.79 Å². The van der Waals surface area contributed by atoms with Crippen molar-refractivity contribution in [2.45, 2.75) is 38.6 Å². The Bertz CT molecular complexity index is 237. The summed E-state index contributed by atoms with van der Waals surface area (Å²) in [5, 5.41) is 0. The van der Waals surface area contributed by atoms with Gasteiger partial charge < -0.3 is 15.4 Å². The molecule has 1 amide bonds. The minimum atomic E-state index is -0.295. The van der Waals surface area contributed by atoms with Crippen molar-refractivity contribution in [1.29, 1.82) is 0 Å². The molecule has 1 aliphatic carbocycles. The van der Waals surface area contributed by atoms with Crippen LogP contribution in [0.25, 0.3) is 0 Å². The molecule has 16 heavy (non-hydrogen) atoms. The first kappa shape index (κ1) is 13.5. The molecule has 1 rings (SSSR count). The largest absolute Gasteiger partial charge is 0.383 e. The molecule has 4 heteroatoms. The molecule has 1 saturated carbocycles. The summed E-state index contributed by atoms with van der Waals surface area (Å²) in [6, 6.07) is 0.113. The van der Waals surface area contributed by atoms with Crippen molar-refractivity contribution in [2.75, 3.05) is 27.3 Å². The number of nitrogens with zero attached hydrogens (tertiary/aromatic N) is 1. The van der Waals surface area contributed by atoms with E-state index >= 15 is 0 Å². The van der Waals surface area contributed by atoms with E-state index in [0.29, 0.717) is 13.2 Å². The van der Waals surface area contributed by atoms with E-state index < -0.39 is 0 Å². The summed E-state index contributed by atoms with van der Waals surface area (Å²) in [5.74, 6) is 0.192. The standard InChI is InChI=1S/C12H24N2O2/c1-10(8-16-3)14(2)11(15)12(9-13)6-4-5-7-12/h10H,4-9,13H2,1-3H3. The van der Waals surface area contributed by atoms with Crippen LogP contribution in [-0.4, -0.2) is 44.2 Å². The normalized spacial score (nSPS) is 20.8. The fourth-order valence-corrected chi connectivity index (χ4v) is 2.48. The van der Waals surface area contributed by atoms with Gasteiger partial charge in [-0.15, -0.1) is 0 Å². The molecule has 0 radical (unpaired) electrons. The molecule has 1 fully saturated rings. The van der Waals surface area contributed by atoms with Crippen molar-refractivity contribution in [3.8, 4) is 0 Å². The number of methoxy groups -OCH3 is 1. The molecule has 0 bridgehead atoms. The van der Waals surface area contributed by atoms with Crippen LogP contribution >= 0.6 is 0 Å². The van der Waals surface area contributed by atoms with Gasteiger partial charge in [-0.1, -0.05) is 12.8 Å². The van der Waals surface area contributed by atoms with Crippen LogP contribution in [0.4, 0.5) is 0 Å². The summed E-state index contributed by atoms with van der Waals surface area (Å²) in [7, 11) is 3.50. The number of hydrogen-bond acceptors (Lipinski definition) is 3. The van der Waals surface area contributed by atoms with Crippen LogP contribution in [0.2, 0.25) is 0 Å². The highest BCUT2D eigenvalue weighted by Gasteiger charge is 2.42. The molecule has 0 heterocycles. The van der Waals surface area contributed by atoms with Gasteiger partial charge in [-0.2, -0.15) is 0 Å². The smallest absolute Gasteiger partial charge is 0.230 e. The van der Waals surface area contributed by atoms with E-state index in [2.05, 4.69) is 0 Å². The molecule has 0 aromatic carbocycles. The molecule has 0 saturated heterocycles. The maximum absolute atomic E-state index is 12.4. The summed E-state index contributed by atoms with van der Waals surface area (Å²) in [4.78, 5) is 14.2. The van der Waals surface area contributed by atoms with Gasteiger partial charge in [0.05, 0.1) is 18.1 Å². The monoisotopic (exact) mass is 228 g/mol. The SMILES string of the molecule is COCC(C)N(C)C(=O)C1(CN)CCCC1. The third-order valence-electron chi connectivity index (χ3n) is 3.79. The molecule has 0 aromatic heterocycles. The van der Waals surface area contributed by atoms with Crippen LogP contribution in [0.15, 0.2) is 0 Å². The number of likely N-dealkylation sites (N-methyl/N-ethyl adjacent to an activating group) is 1. The maximum atomic E-state index is 12.4. The van der Waals surface area contributed by atoms with Gasteiger partial charge in [0.1, 0.15) is 0 Å². The Morgan fingerprint density at radius 2 is 2.06 bits per heavy atom. The highest BCUT2D eigenvalue weighted by atomic mass is 16.5. The van der Waals surface area contributed by atoms with Gasteiger partial charge in [-0.05, 0) is 19.8 Å². The highest BCUT2D eigenvalue weighted by Crippen LogP contribution is 2.38. The van der Waals surface area contributed by atoms with E-state index in [1.165, 1.54) is 0 Å². The lowest BCUT2D eigenvalue weighted by Gasteiger charge is -2.34. The summed E-state index contributed by atoms with van der Waals surface area (Å²) in [6.45, 7) is 3.04. The average molecular weight is 228 g/mol. The van der Waals surface area contributed by atoms with Gasteiger partial charge in [0.25, 0.3) is 0 Å². The Kier molecular flexibility index (Phi) is 4.74. The number of carbonyl (C=O) groups excluding carboxylic acids is 1. The number of amides is 1. The number of hydrogen-bond donors (Lipinski definition) is 1. The molecule has 4 nitrogen and oxygen atoms in total. The van der Waals surface area contributed by atoms with Crippen molar-refractivity contribution >= 4 is 5.91 Å². The summed E-state index contributed by atoms with van der Waals surface area (Å²) >= 11 is 0. The first-order chi connectivity index (χ1) is 7.57. The Morgan fingerprint density at radius 1 is 1.50 bits per heavy atom. The van der Waals surface area contributed by atoms with Crippen LogP contribution in [0.3, 0.4) is 0 Å². The Balaban J connectivity index is 2.67. The third kappa shape index (κ3) is 2.55. The minimum absolute atomic E-state index is 0.113. The lowest BCUT2D eigenvalue weighted by Crippen LogP contribution is -2.49. The fraction of sp³-hybridized carbons (Fsp3) is 0.917. The van der Waals surface area contributed by atoms with Gasteiger partial charge in [-0.25, -0.2) is 0 Å². The van der Waals surface area contributed by atoms with E-state index in [0.717, 1.165) is 25.7 Å². The quantitative estimate of drug-likeness (QED) is 0.763. The summed E-state index contributed by atoms with van der Waals surface area (Å²) in [5.41, 5.74) is 5.51. The molecule has 0 aliphatic heterocycles. The molecule has 0 aromatic rings. The lowest BCUT2D eigenvalue weighted by atomic mass is 9.84. The second-order valence-electron chi connectivity index (χ2n) is 4.91. The van der Waals surface area contributed by atoms with Gasteiger partial charge in [0.15, 0.2) is 0 Å². The third-order valence-corrected chi connectivity index (χ3v) is 3.79. The average Bonchev–Trinajstić information content (AvgIpc) is 2.77. The van der Waals surface area contributed by atoms with Crippen LogP contribution in [0.1, 0.15) is 32.6 Å². The zero-order valence-corrected chi connectivity index (χ0v) is 10.7. The van der Waals surface area contributed by atoms with Gasteiger partial charge in [0, 0.05) is 20.7 Å². The Labute approximate surface area is 98.1 Å². The summed E-state index contributed by atoms with van der Waals surface area (Å²) < 4.78 is 5.08. The molecule has 1 unspecified atom stereocenters. The molecule has 0 spiro atoms. The predicted octanol–water partition coefficient (Wildman–Crippen LogP) is 0.999. The first-order valence-corrected chi connectivity index (χ1v) is 6.03. The molecule has 1 atom stereocenters. The Hall–Kier alpha value is -0.610.